The molecule has 4 atom stereocenters. The van der Waals surface area contributed by atoms with Crippen LogP contribution in [0.4, 0.5) is 0 Å². The maximum atomic E-state index is 11.6. The van der Waals surface area contributed by atoms with Crippen LogP contribution in [0.25, 0.3) is 98.4 Å². The normalized spacial score (nSPS) is 26.8. The first kappa shape index (κ1) is 53.0. The van der Waals surface area contributed by atoms with Gasteiger partial charge in [-0.25, -0.2) is 0 Å². The lowest BCUT2D eigenvalue weighted by atomic mass is 9.60. The number of aromatic nitrogens is 2. The van der Waals surface area contributed by atoms with Gasteiger partial charge in [0.25, 0.3) is 0 Å². The molecule has 0 amide bonds. The molecule has 4 heterocycles. The van der Waals surface area contributed by atoms with Crippen LogP contribution in [0.5, 0.6) is 0 Å². The van der Waals surface area contributed by atoms with Crippen molar-refractivity contribution in [2.75, 3.05) is 0 Å². The van der Waals surface area contributed by atoms with Crippen molar-refractivity contribution in [1.82, 2.24) is 8.80 Å². The molecule has 0 spiro atoms. The Balaban J connectivity index is 1.01. The Morgan fingerprint density at radius 1 is 0.386 bits per heavy atom. The van der Waals surface area contributed by atoms with Gasteiger partial charge in [-0.05, 0) is 297 Å². The van der Waals surface area contributed by atoms with Crippen LogP contribution in [0.1, 0.15) is 275 Å². The molecule has 0 N–H and O–H groups in total. The molecule has 4 unspecified atom stereocenters. The Hall–Kier alpha value is -6.88. The van der Waals surface area contributed by atoms with Gasteiger partial charge in [0.1, 0.15) is 0 Å². The molecule has 8 bridgehead atoms. The number of benzene rings is 7. The van der Waals surface area contributed by atoms with Crippen molar-refractivity contribution >= 4 is 76.2 Å². The number of fused-ring (bicyclic) bond motifs is 14. The highest BCUT2D eigenvalue weighted by molar-refractivity contribution is 6.31. The van der Waals surface area contributed by atoms with Crippen molar-refractivity contribution in [3.05, 3.63) is 140 Å². The van der Waals surface area contributed by atoms with E-state index in [0.717, 1.165) is 47.6 Å². The van der Waals surface area contributed by atoms with E-state index < -0.39 is 0 Å². The molecule has 4 saturated carbocycles. The van der Waals surface area contributed by atoms with Crippen LogP contribution in [-0.2, 0) is 21.7 Å². The maximum Gasteiger partial charge on any atom is 0.0995 e. The zero-order valence-corrected chi connectivity index (χ0v) is 54.4. The topological polar surface area (TPSA) is 56.4 Å². The fourth-order valence-electron chi connectivity index (χ4n) is 23.0. The Morgan fingerprint density at radius 2 is 0.727 bits per heavy atom. The van der Waals surface area contributed by atoms with E-state index in [0.29, 0.717) is 35.5 Å². The van der Waals surface area contributed by atoms with Crippen molar-refractivity contribution in [2.45, 2.75) is 230 Å². The number of nitriles is 2. The molecule has 0 saturated heterocycles. The third-order valence-electron chi connectivity index (χ3n) is 26.6. The van der Waals surface area contributed by atoms with Crippen LogP contribution in [0.3, 0.4) is 0 Å². The van der Waals surface area contributed by atoms with E-state index in [4.69, 9.17) is 0 Å². The van der Waals surface area contributed by atoms with E-state index in [1.807, 2.05) is 0 Å². The van der Waals surface area contributed by atoms with Crippen LogP contribution in [0.15, 0.2) is 72.8 Å². The number of rotatable bonds is 4. The highest BCUT2D eigenvalue weighted by Gasteiger charge is 2.48. The molecular formula is C84H86N4. The summed E-state index contributed by atoms with van der Waals surface area (Å²) in [6.45, 7) is 29.7. The van der Waals surface area contributed by atoms with Crippen molar-refractivity contribution in [3.63, 3.8) is 0 Å². The molecule has 4 heteroatoms. The molecule has 4 nitrogen and oxygen atoms in total. The Morgan fingerprint density at radius 3 is 1.08 bits per heavy atom. The Bertz CT molecular complexity index is 4730. The standard InChI is InChI=1S/C84H86N4/c1-41(2)55-13-15-63-77(83(9,10)19-17-81(63,5)6)71(55)51-31-59-57-37-66-58(38-65(57)87-67-35-53(39-85)69-47-23-43-21-44(24-47)28-49(27-43)73(69)75(67)61(33-51)79(59)87)60-32-52(72-56(42(3)4)14-16-64-78(72)84(11,12)20-18-82(64,7)8)34-62-76-68(88(66)80(60)62)36-54(40-86)70-48-25-45-22-46(26-48)30-50(29-45)74(70)76/h13-16,31-38,41-50H,17-30H2,1-12H3. The molecule has 11 aromatic rings. The van der Waals surface area contributed by atoms with Gasteiger partial charge in [0.05, 0.1) is 56.4 Å². The number of hydrogen-bond donors (Lipinski definition) is 0. The van der Waals surface area contributed by atoms with Crippen LogP contribution < -0.4 is 0 Å². The van der Waals surface area contributed by atoms with Gasteiger partial charge in [0.2, 0.25) is 0 Å². The zero-order valence-electron chi connectivity index (χ0n) is 54.4. The lowest BCUT2D eigenvalue weighted by Crippen LogP contribution is -2.34. The minimum Gasteiger partial charge on any atom is -0.308 e. The molecule has 10 aliphatic carbocycles. The molecule has 0 aliphatic heterocycles. The molecule has 4 aromatic heterocycles. The molecule has 10 aliphatic rings. The summed E-state index contributed by atoms with van der Waals surface area (Å²) in [5.41, 5.74) is 30.0. The SMILES string of the molecule is CC(C)c1ccc2c(c1-c1cc3c4cc5c(cc4n4c6cc(C#N)c7c(c6c(c1)c34)C1CC3CC(CC7C3)C1)c1cc(-c3c(C(C)C)ccc4c3C(C)(C)CCC4(C)C)cc3c4c6c(c(C#N)cc4n5c13)C1CC3CC(C1)CC6C3)C(C)(C)CCC2(C)C. The maximum absolute atomic E-state index is 11.6. The van der Waals surface area contributed by atoms with E-state index >= 15 is 0 Å². The Labute approximate surface area is 520 Å². The highest BCUT2D eigenvalue weighted by Crippen LogP contribution is 2.63. The predicted molar refractivity (Wildman–Crippen MR) is 366 cm³/mol. The summed E-state index contributed by atoms with van der Waals surface area (Å²) in [6, 6.07) is 36.5. The van der Waals surface area contributed by atoms with Gasteiger partial charge in [0, 0.05) is 43.1 Å². The van der Waals surface area contributed by atoms with Gasteiger partial charge in [0.15, 0.2) is 0 Å². The fourth-order valence-corrected chi connectivity index (χ4v) is 23.0. The minimum absolute atomic E-state index is 0.00411. The summed E-state index contributed by atoms with van der Waals surface area (Å²) in [5.74, 6) is 5.46. The van der Waals surface area contributed by atoms with Crippen molar-refractivity contribution in [3.8, 4) is 34.4 Å². The average Bonchev–Trinajstić information content (AvgIpc) is 1.50. The second kappa shape index (κ2) is 17.1. The van der Waals surface area contributed by atoms with Gasteiger partial charge >= 0.3 is 0 Å². The first-order valence-corrected chi connectivity index (χ1v) is 34.8. The molecule has 88 heavy (non-hydrogen) atoms. The zero-order chi connectivity index (χ0) is 60.0. The largest absolute Gasteiger partial charge is 0.308 e. The van der Waals surface area contributed by atoms with Crippen molar-refractivity contribution in [1.29, 1.82) is 10.5 Å². The summed E-state index contributed by atoms with van der Waals surface area (Å²) in [4.78, 5) is 0. The smallest absolute Gasteiger partial charge is 0.0995 e. The van der Waals surface area contributed by atoms with Crippen molar-refractivity contribution in [2.24, 2.45) is 23.7 Å². The third kappa shape index (κ3) is 6.67. The molecule has 442 valence electrons. The summed E-state index contributed by atoms with van der Waals surface area (Å²) in [7, 11) is 0. The minimum atomic E-state index is -0.00411. The van der Waals surface area contributed by atoms with Crippen LogP contribution in [-0.4, -0.2) is 8.80 Å². The summed E-state index contributed by atoms with van der Waals surface area (Å²) in [5, 5.41) is 33.9. The van der Waals surface area contributed by atoms with Gasteiger partial charge in [-0.15, -0.1) is 0 Å². The number of hydrogen-bond acceptors (Lipinski definition) is 2. The molecule has 21 rings (SSSR count). The van der Waals surface area contributed by atoms with Crippen LogP contribution in [0, 0.1) is 46.3 Å². The van der Waals surface area contributed by atoms with E-state index in [9.17, 15) is 10.5 Å². The Kier molecular flexibility index (Phi) is 10.3. The summed E-state index contributed by atoms with van der Waals surface area (Å²) < 4.78 is 5.35. The lowest BCUT2D eigenvalue weighted by Gasteiger charge is -2.44. The fraction of sp³-hybridized carbons (Fsp3) is 0.476. The van der Waals surface area contributed by atoms with Gasteiger partial charge in [-0.3, -0.25) is 0 Å². The predicted octanol–water partition coefficient (Wildman–Crippen LogP) is 22.8. The average molecular weight is 1150 g/mol. The van der Waals surface area contributed by atoms with Gasteiger partial charge in [-0.1, -0.05) is 107 Å². The molecule has 7 aromatic carbocycles. The van der Waals surface area contributed by atoms with Gasteiger partial charge < -0.3 is 8.80 Å². The van der Waals surface area contributed by atoms with E-state index in [-0.39, 0.29) is 21.7 Å². The molecule has 0 radical (unpaired) electrons. The molecular weight excluding hydrogens is 1060 g/mol. The van der Waals surface area contributed by atoms with Crippen molar-refractivity contribution < 1.29 is 0 Å². The molecule has 4 fully saturated rings. The number of nitrogens with zero attached hydrogens (tertiary/aromatic N) is 4. The summed E-state index contributed by atoms with van der Waals surface area (Å²) in [6.07, 6.45) is 17.3. The first-order valence-electron chi connectivity index (χ1n) is 34.8. The first-order chi connectivity index (χ1) is 42.1. The summed E-state index contributed by atoms with van der Waals surface area (Å²) >= 11 is 0. The lowest BCUT2D eigenvalue weighted by molar-refractivity contribution is 0.166. The van der Waals surface area contributed by atoms with E-state index in [1.54, 1.807) is 11.1 Å². The third-order valence-corrected chi connectivity index (χ3v) is 26.6. The second-order valence-corrected chi connectivity index (χ2v) is 34.3. The van der Waals surface area contributed by atoms with Gasteiger partial charge in [-0.2, -0.15) is 10.5 Å². The van der Waals surface area contributed by atoms with Crippen LogP contribution in [0.2, 0.25) is 0 Å². The highest BCUT2D eigenvalue weighted by atomic mass is 14.9. The quantitative estimate of drug-likeness (QED) is 0.176. The van der Waals surface area contributed by atoms with E-state index in [2.05, 4.69) is 177 Å². The van der Waals surface area contributed by atoms with Crippen LogP contribution >= 0.6 is 0 Å². The second-order valence-electron chi connectivity index (χ2n) is 34.3. The monoisotopic (exact) mass is 1150 g/mol. The van der Waals surface area contributed by atoms with E-state index in [1.165, 1.54) is 220 Å².